The van der Waals surface area contributed by atoms with Crippen LogP contribution in [-0.2, 0) is 11.2 Å². The van der Waals surface area contributed by atoms with Crippen molar-refractivity contribution in [2.45, 2.75) is 13.3 Å². The summed E-state index contributed by atoms with van der Waals surface area (Å²) in [4.78, 5) is 11.9. The van der Waals surface area contributed by atoms with Crippen molar-refractivity contribution >= 4 is 21.8 Å². The molecule has 4 heteroatoms. The molecule has 0 aromatic heterocycles. The lowest BCUT2D eigenvalue weighted by atomic mass is 10.1. The standard InChI is InChI=1S/C17H18BrNO2/c1-13-5-2-3-6-14(13)11-17(20)19-9-10-21-16-8-4-7-15(18)12-16/h2-8,12H,9-11H2,1H3,(H,19,20). The number of halogens is 1. The van der Waals surface area contributed by atoms with Crippen LogP contribution in [0.2, 0.25) is 0 Å². The highest BCUT2D eigenvalue weighted by atomic mass is 79.9. The number of hydrogen-bond acceptors (Lipinski definition) is 2. The Hall–Kier alpha value is -1.81. The maximum Gasteiger partial charge on any atom is 0.224 e. The maximum atomic E-state index is 11.9. The second-order valence-electron chi connectivity index (χ2n) is 4.76. The largest absolute Gasteiger partial charge is 0.492 e. The SMILES string of the molecule is Cc1ccccc1CC(=O)NCCOc1cccc(Br)c1. The second-order valence-corrected chi connectivity index (χ2v) is 5.67. The Bertz CT molecular complexity index is 613. The highest BCUT2D eigenvalue weighted by molar-refractivity contribution is 9.10. The Morgan fingerprint density at radius 3 is 2.76 bits per heavy atom. The zero-order chi connectivity index (χ0) is 15.1. The summed E-state index contributed by atoms with van der Waals surface area (Å²) in [7, 11) is 0. The first-order valence-electron chi connectivity index (χ1n) is 6.85. The van der Waals surface area contributed by atoms with Crippen LogP contribution in [0.25, 0.3) is 0 Å². The molecule has 0 aliphatic heterocycles. The first kappa shape index (κ1) is 15.6. The van der Waals surface area contributed by atoms with Crippen molar-refractivity contribution in [2.24, 2.45) is 0 Å². The molecule has 0 aliphatic carbocycles. The molecule has 3 nitrogen and oxygen atoms in total. The lowest BCUT2D eigenvalue weighted by molar-refractivity contribution is -0.120. The Morgan fingerprint density at radius 1 is 1.19 bits per heavy atom. The lowest BCUT2D eigenvalue weighted by Crippen LogP contribution is -2.29. The summed E-state index contributed by atoms with van der Waals surface area (Å²) < 4.78 is 6.54. The van der Waals surface area contributed by atoms with Gasteiger partial charge in [0.2, 0.25) is 5.91 Å². The van der Waals surface area contributed by atoms with Crippen LogP contribution in [0.15, 0.2) is 53.0 Å². The average Bonchev–Trinajstić information content (AvgIpc) is 2.46. The molecule has 21 heavy (non-hydrogen) atoms. The van der Waals surface area contributed by atoms with Gasteiger partial charge in [0.05, 0.1) is 13.0 Å². The summed E-state index contributed by atoms with van der Waals surface area (Å²) in [6.45, 7) is 2.96. The van der Waals surface area contributed by atoms with Gasteiger partial charge in [0, 0.05) is 4.47 Å². The number of carbonyl (C=O) groups is 1. The molecule has 1 N–H and O–H groups in total. The molecule has 0 heterocycles. The molecule has 110 valence electrons. The first-order valence-corrected chi connectivity index (χ1v) is 7.64. The number of rotatable bonds is 6. The third kappa shape index (κ3) is 5.23. The molecule has 0 saturated heterocycles. The van der Waals surface area contributed by atoms with E-state index in [-0.39, 0.29) is 5.91 Å². The van der Waals surface area contributed by atoms with Crippen LogP contribution in [-0.4, -0.2) is 19.1 Å². The zero-order valence-corrected chi connectivity index (χ0v) is 13.5. The minimum absolute atomic E-state index is 0.0159. The molecular formula is C17H18BrNO2. The number of amides is 1. The van der Waals surface area contributed by atoms with E-state index in [0.29, 0.717) is 19.6 Å². The molecule has 0 spiro atoms. The smallest absolute Gasteiger partial charge is 0.224 e. The van der Waals surface area contributed by atoms with Gasteiger partial charge >= 0.3 is 0 Å². The topological polar surface area (TPSA) is 38.3 Å². The van der Waals surface area contributed by atoms with Crippen LogP contribution >= 0.6 is 15.9 Å². The summed E-state index contributed by atoms with van der Waals surface area (Å²) in [5.74, 6) is 0.805. The van der Waals surface area contributed by atoms with Gasteiger partial charge in [0.1, 0.15) is 12.4 Å². The number of aryl methyl sites for hydroxylation is 1. The average molecular weight is 348 g/mol. The van der Waals surface area contributed by atoms with E-state index in [0.717, 1.165) is 21.3 Å². The molecule has 2 rings (SSSR count). The van der Waals surface area contributed by atoms with E-state index in [9.17, 15) is 4.79 Å². The molecular weight excluding hydrogens is 330 g/mol. The van der Waals surface area contributed by atoms with Gasteiger partial charge in [-0.1, -0.05) is 46.3 Å². The monoisotopic (exact) mass is 347 g/mol. The van der Waals surface area contributed by atoms with E-state index in [1.807, 2.05) is 55.5 Å². The maximum absolute atomic E-state index is 11.9. The summed E-state index contributed by atoms with van der Waals surface area (Å²) in [5, 5.41) is 2.87. The molecule has 0 radical (unpaired) electrons. The number of benzene rings is 2. The normalized spacial score (nSPS) is 10.2. The summed E-state index contributed by atoms with van der Waals surface area (Å²) in [6, 6.07) is 15.6. The Balaban J connectivity index is 1.71. The fourth-order valence-electron chi connectivity index (χ4n) is 1.96. The molecule has 2 aromatic carbocycles. The van der Waals surface area contributed by atoms with Gasteiger partial charge in [-0.3, -0.25) is 4.79 Å². The van der Waals surface area contributed by atoms with E-state index in [1.165, 1.54) is 0 Å². The van der Waals surface area contributed by atoms with Gasteiger partial charge in [-0.2, -0.15) is 0 Å². The molecule has 0 atom stereocenters. The van der Waals surface area contributed by atoms with Crippen molar-refractivity contribution in [2.75, 3.05) is 13.2 Å². The molecule has 0 aliphatic rings. The second kappa shape index (κ2) is 7.84. The van der Waals surface area contributed by atoms with E-state index in [2.05, 4.69) is 21.2 Å². The fraction of sp³-hybridized carbons (Fsp3) is 0.235. The quantitative estimate of drug-likeness (QED) is 0.812. The highest BCUT2D eigenvalue weighted by Crippen LogP contribution is 2.17. The first-order chi connectivity index (χ1) is 10.1. The predicted octanol–water partition coefficient (Wildman–Crippen LogP) is 3.50. The van der Waals surface area contributed by atoms with Crippen LogP contribution in [0.1, 0.15) is 11.1 Å². The van der Waals surface area contributed by atoms with E-state index in [1.54, 1.807) is 0 Å². The summed E-state index contributed by atoms with van der Waals surface area (Å²) in [6.07, 6.45) is 0.406. The Morgan fingerprint density at radius 2 is 2.00 bits per heavy atom. The van der Waals surface area contributed by atoms with Crippen LogP contribution in [0.3, 0.4) is 0 Å². The van der Waals surface area contributed by atoms with Gasteiger partial charge < -0.3 is 10.1 Å². The van der Waals surface area contributed by atoms with Gasteiger partial charge in [0.15, 0.2) is 0 Å². The fourth-order valence-corrected chi connectivity index (χ4v) is 2.34. The summed E-state index contributed by atoms with van der Waals surface area (Å²) >= 11 is 3.39. The Kier molecular flexibility index (Phi) is 5.81. The highest BCUT2D eigenvalue weighted by Gasteiger charge is 2.04. The van der Waals surface area contributed by atoms with E-state index < -0.39 is 0 Å². The van der Waals surface area contributed by atoms with Gasteiger partial charge in [-0.25, -0.2) is 0 Å². The number of ether oxygens (including phenoxy) is 1. The van der Waals surface area contributed by atoms with Crippen molar-refractivity contribution in [1.29, 1.82) is 0 Å². The Labute approximate surface area is 133 Å². The molecule has 0 unspecified atom stereocenters. The van der Waals surface area contributed by atoms with Crippen molar-refractivity contribution in [3.05, 3.63) is 64.1 Å². The molecule has 0 saturated carbocycles. The number of hydrogen-bond donors (Lipinski definition) is 1. The lowest BCUT2D eigenvalue weighted by Gasteiger charge is -2.09. The molecule has 0 bridgehead atoms. The number of nitrogens with one attached hydrogen (secondary N) is 1. The molecule has 1 amide bonds. The van der Waals surface area contributed by atoms with Gasteiger partial charge in [-0.15, -0.1) is 0 Å². The zero-order valence-electron chi connectivity index (χ0n) is 11.9. The van der Waals surface area contributed by atoms with Crippen molar-refractivity contribution < 1.29 is 9.53 Å². The predicted molar refractivity (Wildman–Crippen MR) is 87.5 cm³/mol. The summed E-state index contributed by atoms with van der Waals surface area (Å²) in [5.41, 5.74) is 2.20. The molecule has 0 fully saturated rings. The van der Waals surface area contributed by atoms with E-state index >= 15 is 0 Å². The van der Waals surface area contributed by atoms with Crippen LogP contribution in [0.5, 0.6) is 5.75 Å². The van der Waals surface area contributed by atoms with Crippen molar-refractivity contribution in [3.63, 3.8) is 0 Å². The van der Waals surface area contributed by atoms with Gasteiger partial charge in [0.25, 0.3) is 0 Å². The minimum Gasteiger partial charge on any atom is -0.492 e. The molecule has 2 aromatic rings. The van der Waals surface area contributed by atoms with Gasteiger partial charge in [-0.05, 0) is 36.2 Å². The van der Waals surface area contributed by atoms with Crippen LogP contribution in [0.4, 0.5) is 0 Å². The number of carbonyl (C=O) groups excluding carboxylic acids is 1. The third-order valence-electron chi connectivity index (χ3n) is 3.10. The minimum atomic E-state index is 0.0159. The van der Waals surface area contributed by atoms with Crippen LogP contribution in [0, 0.1) is 6.92 Å². The van der Waals surface area contributed by atoms with Crippen molar-refractivity contribution in [1.82, 2.24) is 5.32 Å². The van der Waals surface area contributed by atoms with Crippen LogP contribution < -0.4 is 10.1 Å². The van der Waals surface area contributed by atoms with Crippen molar-refractivity contribution in [3.8, 4) is 5.75 Å². The third-order valence-corrected chi connectivity index (χ3v) is 3.59. The van der Waals surface area contributed by atoms with E-state index in [4.69, 9.17) is 4.74 Å².